The van der Waals surface area contributed by atoms with Gasteiger partial charge in [0.25, 0.3) is 11.8 Å². The summed E-state index contributed by atoms with van der Waals surface area (Å²) in [6, 6.07) is 4.79. The minimum atomic E-state index is -0.927. The quantitative estimate of drug-likeness (QED) is 0.617. The monoisotopic (exact) mass is 410 g/mol. The molecule has 1 aromatic rings. The van der Waals surface area contributed by atoms with E-state index in [2.05, 4.69) is 16.0 Å². The van der Waals surface area contributed by atoms with Crippen LogP contribution >= 0.6 is 0 Å². The van der Waals surface area contributed by atoms with Crippen LogP contribution in [0, 0.1) is 5.41 Å². The fraction of sp³-hybridized carbons (Fsp3) is 0.545. The Labute approximate surface area is 174 Å². The van der Waals surface area contributed by atoms with Crippen molar-refractivity contribution in [2.45, 2.75) is 57.2 Å². The number of nitrogens with one attached hydrogen (secondary N) is 3. The number of fused-ring (bicyclic) bond motifs is 1. The molecule has 3 N–H and O–H groups in total. The molecular weight excluding hydrogens is 384 g/mol. The fourth-order valence-electron chi connectivity index (χ4n) is 4.83. The molecule has 1 aliphatic carbocycles. The first kappa shape index (κ1) is 19.4. The number of benzene rings is 1. The van der Waals surface area contributed by atoms with Gasteiger partial charge in [-0.05, 0) is 55.2 Å². The standard InChI is InChI=1S/C22H26N4O4/c27-18-4-3-17(19(28)25-18)26-20(29)15-2-1-13(9-16(15)21(26)30)10-23-11-14-5-6-22(7-8-22)12-24-14/h1-2,9,14,17,23-24H,3-8,10-12H2,(H,25,27,28). The van der Waals surface area contributed by atoms with Crippen LogP contribution in [0.25, 0.3) is 0 Å². The van der Waals surface area contributed by atoms with E-state index in [0.717, 1.165) is 23.6 Å². The molecule has 5 rings (SSSR count). The van der Waals surface area contributed by atoms with Gasteiger partial charge in [0.05, 0.1) is 11.1 Å². The van der Waals surface area contributed by atoms with E-state index in [1.165, 1.54) is 25.7 Å². The van der Waals surface area contributed by atoms with E-state index in [9.17, 15) is 19.2 Å². The highest BCUT2D eigenvalue weighted by Gasteiger charge is 2.45. The lowest BCUT2D eigenvalue weighted by Crippen LogP contribution is -2.54. The molecule has 4 amide bonds. The zero-order valence-electron chi connectivity index (χ0n) is 16.8. The molecule has 3 fully saturated rings. The van der Waals surface area contributed by atoms with Crippen molar-refractivity contribution < 1.29 is 19.2 Å². The molecule has 1 saturated carbocycles. The van der Waals surface area contributed by atoms with Gasteiger partial charge in [-0.15, -0.1) is 0 Å². The lowest BCUT2D eigenvalue weighted by molar-refractivity contribution is -0.136. The minimum Gasteiger partial charge on any atom is -0.312 e. The highest BCUT2D eigenvalue weighted by Crippen LogP contribution is 2.50. The second-order valence-corrected chi connectivity index (χ2v) is 9.07. The summed E-state index contributed by atoms with van der Waals surface area (Å²) < 4.78 is 0. The number of hydrogen-bond donors (Lipinski definition) is 3. The van der Waals surface area contributed by atoms with E-state index < -0.39 is 23.8 Å². The van der Waals surface area contributed by atoms with Gasteiger partial charge in [0.1, 0.15) is 6.04 Å². The minimum absolute atomic E-state index is 0.120. The van der Waals surface area contributed by atoms with Gasteiger partial charge in [-0.25, -0.2) is 0 Å². The summed E-state index contributed by atoms with van der Waals surface area (Å²) in [5.74, 6) is -1.89. The predicted molar refractivity (Wildman–Crippen MR) is 108 cm³/mol. The third-order valence-corrected chi connectivity index (χ3v) is 6.97. The van der Waals surface area contributed by atoms with Crippen LogP contribution in [-0.4, -0.2) is 53.7 Å². The van der Waals surface area contributed by atoms with Gasteiger partial charge in [0.15, 0.2) is 0 Å². The maximum absolute atomic E-state index is 12.9. The Bertz CT molecular complexity index is 929. The Morgan fingerprint density at radius 3 is 2.53 bits per heavy atom. The third kappa shape index (κ3) is 3.44. The Morgan fingerprint density at radius 1 is 1.03 bits per heavy atom. The second-order valence-electron chi connectivity index (χ2n) is 9.07. The second kappa shape index (κ2) is 7.28. The van der Waals surface area contributed by atoms with E-state index in [4.69, 9.17) is 0 Å². The van der Waals surface area contributed by atoms with Gasteiger partial charge >= 0.3 is 0 Å². The van der Waals surface area contributed by atoms with Crippen LogP contribution in [0.4, 0.5) is 0 Å². The zero-order chi connectivity index (χ0) is 20.9. The van der Waals surface area contributed by atoms with Crippen molar-refractivity contribution in [3.8, 4) is 0 Å². The summed E-state index contributed by atoms with van der Waals surface area (Å²) >= 11 is 0. The molecule has 4 aliphatic rings. The Morgan fingerprint density at radius 2 is 1.83 bits per heavy atom. The fourth-order valence-corrected chi connectivity index (χ4v) is 4.83. The van der Waals surface area contributed by atoms with Crippen LogP contribution in [0.5, 0.6) is 0 Å². The molecule has 2 unspecified atom stereocenters. The lowest BCUT2D eigenvalue weighted by Gasteiger charge is -2.30. The Balaban J connectivity index is 1.21. The molecule has 3 heterocycles. The number of rotatable bonds is 5. The molecule has 1 spiro atoms. The highest BCUT2D eigenvalue weighted by atomic mass is 16.2. The SMILES string of the molecule is O=C1CCC(N2C(=O)c3ccc(CNCC4CCC5(CC5)CN4)cc3C2=O)C(=O)N1. The van der Waals surface area contributed by atoms with Crippen LogP contribution in [0.2, 0.25) is 0 Å². The number of amides is 4. The van der Waals surface area contributed by atoms with E-state index in [-0.39, 0.29) is 18.7 Å². The maximum atomic E-state index is 12.9. The summed E-state index contributed by atoms with van der Waals surface area (Å²) in [7, 11) is 0. The number of carbonyl (C=O) groups excluding carboxylic acids is 4. The molecule has 0 radical (unpaired) electrons. The first-order valence-electron chi connectivity index (χ1n) is 10.7. The molecule has 1 aromatic carbocycles. The smallest absolute Gasteiger partial charge is 0.262 e. The summed E-state index contributed by atoms with van der Waals surface area (Å²) in [5, 5.41) is 9.29. The highest BCUT2D eigenvalue weighted by molar-refractivity contribution is 6.23. The van der Waals surface area contributed by atoms with Crippen molar-refractivity contribution in [3.05, 3.63) is 34.9 Å². The number of nitrogens with zero attached hydrogens (tertiary/aromatic N) is 1. The van der Waals surface area contributed by atoms with Crippen LogP contribution in [0.1, 0.15) is 64.8 Å². The molecule has 30 heavy (non-hydrogen) atoms. The molecule has 2 saturated heterocycles. The molecule has 158 valence electrons. The normalized spacial score (nSPS) is 27.4. The molecular formula is C22H26N4O4. The van der Waals surface area contributed by atoms with E-state index >= 15 is 0 Å². The average molecular weight is 410 g/mol. The average Bonchev–Trinajstić information content (AvgIpc) is 3.44. The molecule has 2 atom stereocenters. The van der Waals surface area contributed by atoms with Crippen molar-refractivity contribution in [3.63, 3.8) is 0 Å². The summed E-state index contributed by atoms with van der Waals surface area (Å²) in [5.41, 5.74) is 2.17. The van der Waals surface area contributed by atoms with Crippen LogP contribution in [-0.2, 0) is 16.1 Å². The van der Waals surface area contributed by atoms with Crippen LogP contribution < -0.4 is 16.0 Å². The first-order chi connectivity index (χ1) is 14.5. The number of piperidine rings is 2. The van der Waals surface area contributed by atoms with E-state index in [1.807, 2.05) is 6.07 Å². The number of carbonyl (C=O) groups is 4. The van der Waals surface area contributed by atoms with Gasteiger partial charge in [-0.2, -0.15) is 0 Å². The Kier molecular flexibility index (Phi) is 4.71. The topological polar surface area (TPSA) is 108 Å². The first-order valence-corrected chi connectivity index (χ1v) is 10.7. The zero-order valence-corrected chi connectivity index (χ0v) is 16.8. The molecule has 8 nitrogen and oxygen atoms in total. The van der Waals surface area contributed by atoms with Crippen LogP contribution in [0.3, 0.4) is 0 Å². The van der Waals surface area contributed by atoms with Crippen molar-refractivity contribution in [1.82, 2.24) is 20.9 Å². The molecule has 0 bridgehead atoms. The predicted octanol–water partition coefficient (Wildman–Crippen LogP) is 0.710. The van der Waals surface area contributed by atoms with Gasteiger partial charge in [0, 0.05) is 32.1 Å². The van der Waals surface area contributed by atoms with Gasteiger partial charge < -0.3 is 10.6 Å². The van der Waals surface area contributed by atoms with Crippen molar-refractivity contribution in [2.75, 3.05) is 13.1 Å². The number of hydrogen-bond acceptors (Lipinski definition) is 6. The number of imide groups is 2. The van der Waals surface area contributed by atoms with Crippen molar-refractivity contribution >= 4 is 23.6 Å². The van der Waals surface area contributed by atoms with Gasteiger partial charge in [-0.3, -0.25) is 29.4 Å². The molecule has 3 aliphatic heterocycles. The van der Waals surface area contributed by atoms with E-state index in [1.54, 1.807) is 12.1 Å². The maximum Gasteiger partial charge on any atom is 0.262 e. The lowest BCUT2D eigenvalue weighted by atomic mass is 9.92. The van der Waals surface area contributed by atoms with E-state index in [0.29, 0.717) is 29.1 Å². The summed E-state index contributed by atoms with van der Waals surface area (Å²) in [6.07, 6.45) is 5.49. The summed E-state index contributed by atoms with van der Waals surface area (Å²) in [6.45, 7) is 2.59. The van der Waals surface area contributed by atoms with Crippen molar-refractivity contribution in [1.29, 1.82) is 0 Å². The van der Waals surface area contributed by atoms with Gasteiger partial charge in [0.2, 0.25) is 11.8 Å². The Hall–Kier alpha value is -2.58. The summed E-state index contributed by atoms with van der Waals surface area (Å²) in [4.78, 5) is 50.1. The third-order valence-electron chi connectivity index (χ3n) is 6.97. The van der Waals surface area contributed by atoms with Crippen molar-refractivity contribution in [2.24, 2.45) is 5.41 Å². The van der Waals surface area contributed by atoms with Gasteiger partial charge in [-0.1, -0.05) is 6.07 Å². The molecule has 8 heteroatoms. The molecule has 0 aromatic heterocycles. The largest absolute Gasteiger partial charge is 0.312 e. The van der Waals surface area contributed by atoms with Crippen LogP contribution in [0.15, 0.2) is 18.2 Å².